The van der Waals surface area contributed by atoms with Crippen molar-refractivity contribution in [2.75, 3.05) is 49.7 Å². The second-order valence-electron chi connectivity index (χ2n) is 7.50. The maximum absolute atomic E-state index is 13.3. The molecule has 33 heavy (non-hydrogen) atoms. The van der Waals surface area contributed by atoms with Crippen LogP contribution in [0.1, 0.15) is 17.4 Å². The van der Waals surface area contributed by atoms with Gasteiger partial charge in [0.25, 0.3) is 5.56 Å². The topological polar surface area (TPSA) is 76.9 Å². The summed E-state index contributed by atoms with van der Waals surface area (Å²) in [5.74, 6) is -0.242. The zero-order chi connectivity index (χ0) is 23.4. The first-order chi connectivity index (χ1) is 16.0. The van der Waals surface area contributed by atoms with Crippen molar-refractivity contribution in [2.24, 2.45) is 0 Å². The Hall–Kier alpha value is -3.88. The van der Waals surface area contributed by atoms with Gasteiger partial charge in [-0.1, -0.05) is 0 Å². The molecular weight excluding hydrogens is 427 g/mol. The molecule has 1 aromatic heterocycles. The molecule has 4 rings (SSSR count). The Bertz CT molecular complexity index is 1170. The number of aromatic nitrogens is 2. The number of hydrogen-bond acceptors (Lipinski definition) is 7. The SMILES string of the molecule is CCOC(=O)c1nn(-c2ccc(F)cc2)c(=O)cc1N1CCN(c2ccc(OC)cc2)CC1. The molecule has 3 aromatic rings. The molecule has 0 atom stereocenters. The lowest BCUT2D eigenvalue weighted by molar-refractivity contribution is 0.0518. The fraction of sp³-hybridized carbons (Fsp3) is 0.292. The Balaban J connectivity index is 1.61. The van der Waals surface area contributed by atoms with E-state index in [-0.39, 0.29) is 12.3 Å². The highest BCUT2D eigenvalue weighted by Gasteiger charge is 2.25. The fourth-order valence-corrected chi connectivity index (χ4v) is 3.80. The van der Waals surface area contributed by atoms with Crippen molar-refractivity contribution in [2.45, 2.75) is 6.92 Å². The molecule has 2 heterocycles. The number of piperazine rings is 1. The number of halogens is 1. The number of esters is 1. The summed E-state index contributed by atoms with van der Waals surface area (Å²) in [5.41, 5.74) is 1.51. The summed E-state index contributed by atoms with van der Waals surface area (Å²) in [4.78, 5) is 29.7. The van der Waals surface area contributed by atoms with Gasteiger partial charge in [0.05, 0.1) is 25.1 Å². The second kappa shape index (κ2) is 9.72. The first kappa shape index (κ1) is 22.3. The normalized spacial score (nSPS) is 13.7. The molecule has 1 aliphatic heterocycles. The molecule has 0 amide bonds. The predicted octanol–water partition coefficient (Wildman–Crippen LogP) is 2.88. The molecule has 0 N–H and O–H groups in total. The van der Waals surface area contributed by atoms with Crippen LogP contribution >= 0.6 is 0 Å². The van der Waals surface area contributed by atoms with E-state index in [9.17, 15) is 14.0 Å². The first-order valence-corrected chi connectivity index (χ1v) is 10.7. The molecule has 9 heteroatoms. The third kappa shape index (κ3) is 4.82. The minimum absolute atomic E-state index is 0.0543. The molecule has 2 aromatic carbocycles. The molecule has 1 aliphatic rings. The molecule has 0 bridgehead atoms. The minimum Gasteiger partial charge on any atom is -0.497 e. The summed E-state index contributed by atoms with van der Waals surface area (Å²) in [6.07, 6.45) is 0. The zero-order valence-electron chi connectivity index (χ0n) is 18.5. The van der Waals surface area contributed by atoms with Crippen molar-refractivity contribution < 1.29 is 18.7 Å². The Morgan fingerprint density at radius 1 is 0.970 bits per heavy atom. The van der Waals surface area contributed by atoms with Crippen LogP contribution in [0.3, 0.4) is 0 Å². The number of carbonyl (C=O) groups is 1. The lowest BCUT2D eigenvalue weighted by atomic mass is 10.2. The van der Waals surface area contributed by atoms with Gasteiger partial charge in [-0.3, -0.25) is 4.79 Å². The average molecular weight is 452 g/mol. The minimum atomic E-state index is -0.610. The number of anilines is 2. The number of rotatable bonds is 6. The van der Waals surface area contributed by atoms with Crippen LogP contribution in [-0.2, 0) is 4.74 Å². The van der Waals surface area contributed by atoms with Crippen molar-refractivity contribution in [1.82, 2.24) is 9.78 Å². The quantitative estimate of drug-likeness (QED) is 0.533. The van der Waals surface area contributed by atoms with Crippen LogP contribution in [-0.4, -0.2) is 55.6 Å². The van der Waals surface area contributed by atoms with Crippen LogP contribution in [0.4, 0.5) is 15.8 Å². The summed E-state index contributed by atoms with van der Waals surface area (Å²) in [6, 6.07) is 14.6. The summed E-state index contributed by atoms with van der Waals surface area (Å²) in [7, 11) is 1.63. The van der Waals surface area contributed by atoms with E-state index >= 15 is 0 Å². The Labute approximate surface area is 190 Å². The number of carbonyl (C=O) groups excluding carboxylic acids is 1. The fourth-order valence-electron chi connectivity index (χ4n) is 3.80. The van der Waals surface area contributed by atoms with Gasteiger partial charge in [0.15, 0.2) is 5.69 Å². The smallest absolute Gasteiger partial charge is 0.360 e. The molecule has 1 fully saturated rings. The predicted molar refractivity (Wildman–Crippen MR) is 123 cm³/mol. The van der Waals surface area contributed by atoms with Crippen molar-refractivity contribution in [3.05, 3.63) is 76.5 Å². The Morgan fingerprint density at radius 2 is 1.58 bits per heavy atom. The van der Waals surface area contributed by atoms with Gasteiger partial charge in [-0.15, -0.1) is 0 Å². The van der Waals surface area contributed by atoms with Gasteiger partial charge in [0.1, 0.15) is 11.6 Å². The van der Waals surface area contributed by atoms with E-state index in [1.54, 1.807) is 14.0 Å². The van der Waals surface area contributed by atoms with E-state index in [0.717, 1.165) is 16.1 Å². The third-order valence-electron chi connectivity index (χ3n) is 5.51. The van der Waals surface area contributed by atoms with Crippen molar-refractivity contribution in [3.8, 4) is 11.4 Å². The van der Waals surface area contributed by atoms with E-state index in [1.807, 2.05) is 29.2 Å². The summed E-state index contributed by atoms with van der Waals surface area (Å²) < 4.78 is 24.8. The van der Waals surface area contributed by atoms with Gasteiger partial charge >= 0.3 is 5.97 Å². The molecule has 0 radical (unpaired) electrons. The lowest BCUT2D eigenvalue weighted by Crippen LogP contribution is -2.47. The van der Waals surface area contributed by atoms with E-state index in [2.05, 4.69) is 10.00 Å². The molecule has 8 nitrogen and oxygen atoms in total. The van der Waals surface area contributed by atoms with Gasteiger partial charge in [0, 0.05) is 37.9 Å². The number of hydrogen-bond donors (Lipinski definition) is 0. The van der Waals surface area contributed by atoms with E-state index in [4.69, 9.17) is 9.47 Å². The van der Waals surface area contributed by atoms with Gasteiger partial charge in [-0.25, -0.2) is 9.18 Å². The zero-order valence-corrected chi connectivity index (χ0v) is 18.5. The summed E-state index contributed by atoms with van der Waals surface area (Å²) in [5, 5.41) is 4.30. The first-order valence-electron chi connectivity index (χ1n) is 10.7. The molecule has 172 valence electrons. The van der Waals surface area contributed by atoms with Crippen molar-refractivity contribution in [1.29, 1.82) is 0 Å². The molecule has 0 spiro atoms. The average Bonchev–Trinajstić information content (AvgIpc) is 2.85. The molecule has 1 saturated heterocycles. The van der Waals surface area contributed by atoms with Crippen molar-refractivity contribution in [3.63, 3.8) is 0 Å². The highest BCUT2D eigenvalue weighted by atomic mass is 19.1. The summed E-state index contributed by atoms with van der Waals surface area (Å²) in [6.45, 7) is 4.49. The molecule has 0 saturated carbocycles. The van der Waals surface area contributed by atoms with Crippen LogP contribution in [0.25, 0.3) is 5.69 Å². The van der Waals surface area contributed by atoms with Gasteiger partial charge < -0.3 is 19.3 Å². The number of nitrogens with zero attached hydrogens (tertiary/aromatic N) is 4. The third-order valence-corrected chi connectivity index (χ3v) is 5.51. The van der Waals surface area contributed by atoms with Crippen LogP contribution in [0.15, 0.2) is 59.4 Å². The van der Waals surface area contributed by atoms with Crippen LogP contribution in [0, 0.1) is 5.82 Å². The molecular formula is C24H25FN4O4. The van der Waals surface area contributed by atoms with Gasteiger partial charge in [0.2, 0.25) is 0 Å². The highest BCUT2D eigenvalue weighted by molar-refractivity contribution is 5.93. The van der Waals surface area contributed by atoms with Crippen LogP contribution in [0.2, 0.25) is 0 Å². The standard InChI is InChI=1S/C24H25FN4O4/c1-3-33-24(31)23-21(16-22(30)29(26-23)19-6-4-17(25)5-7-19)28-14-12-27(13-15-28)18-8-10-20(32-2)11-9-18/h4-11,16H,3,12-15H2,1-2H3. The monoisotopic (exact) mass is 452 g/mol. The van der Waals surface area contributed by atoms with Crippen LogP contribution < -0.4 is 20.1 Å². The largest absolute Gasteiger partial charge is 0.497 e. The maximum atomic E-state index is 13.3. The number of benzene rings is 2. The van der Waals surface area contributed by atoms with E-state index < -0.39 is 17.3 Å². The second-order valence-corrected chi connectivity index (χ2v) is 7.50. The maximum Gasteiger partial charge on any atom is 0.360 e. The van der Waals surface area contributed by atoms with Gasteiger partial charge in [-0.2, -0.15) is 9.78 Å². The highest BCUT2D eigenvalue weighted by Crippen LogP contribution is 2.24. The Kier molecular flexibility index (Phi) is 6.58. The number of ether oxygens (including phenoxy) is 2. The molecule has 0 unspecified atom stereocenters. The van der Waals surface area contributed by atoms with Crippen LogP contribution in [0.5, 0.6) is 5.75 Å². The molecule has 0 aliphatic carbocycles. The Morgan fingerprint density at radius 3 is 2.18 bits per heavy atom. The van der Waals surface area contributed by atoms with Crippen molar-refractivity contribution >= 4 is 17.3 Å². The van der Waals surface area contributed by atoms with E-state index in [0.29, 0.717) is 37.6 Å². The summed E-state index contributed by atoms with van der Waals surface area (Å²) >= 11 is 0. The lowest BCUT2D eigenvalue weighted by Gasteiger charge is -2.37. The van der Waals surface area contributed by atoms with Gasteiger partial charge in [-0.05, 0) is 55.5 Å². The number of methoxy groups -OCH3 is 1. The van der Waals surface area contributed by atoms with E-state index in [1.165, 1.54) is 30.3 Å².